The molecule has 1 aromatic carbocycles. The van der Waals surface area contributed by atoms with E-state index < -0.39 is 0 Å². The third kappa shape index (κ3) is 1.32. The van der Waals surface area contributed by atoms with Gasteiger partial charge in [0.15, 0.2) is 17.2 Å². The molecule has 5 rings (SSSR count). The van der Waals surface area contributed by atoms with Crippen molar-refractivity contribution in [3.63, 3.8) is 0 Å². The van der Waals surface area contributed by atoms with Gasteiger partial charge in [-0.05, 0) is 37.5 Å². The number of imidazole rings is 1. The molecular formula is C19H17N3. The molecule has 2 aliphatic rings. The molecule has 1 aliphatic heterocycles. The lowest BCUT2D eigenvalue weighted by Crippen LogP contribution is -2.33. The Morgan fingerprint density at radius 3 is 2.86 bits per heavy atom. The Labute approximate surface area is 129 Å². The molecule has 0 atom stereocenters. The number of pyridine rings is 1. The Bertz CT molecular complexity index is 1010. The highest BCUT2D eigenvalue weighted by Crippen LogP contribution is 2.40. The lowest BCUT2D eigenvalue weighted by Gasteiger charge is -2.11. The molecule has 0 amide bonds. The molecule has 2 aromatic heterocycles. The smallest absolute Gasteiger partial charge is 0.193 e. The zero-order valence-corrected chi connectivity index (χ0v) is 13.1. The van der Waals surface area contributed by atoms with Crippen molar-refractivity contribution in [3.05, 3.63) is 58.6 Å². The Morgan fingerprint density at radius 2 is 2.00 bits per heavy atom. The van der Waals surface area contributed by atoms with Crippen molar-refractivity contribution in [1.82, 2.24) is 9.55 Å². The number of aromatic nitrogens is 3. The number of hydrogen-bond acceptors (Lipinski definition) is 1. The summed E-state index contributed by atoms with van der Waals surface area (Å²) >= 11 is 0. The summed E-state index contributed by atoms with van der Waals surface area (Å²) in [6, 6.07) is 8.58. The summed E-state index contributed by atoms with van der Waals surface area (Å²) in [7, 11) is 2.07. The maximum atomic E-state index is 4.90. The number of hydrogen-bond donors (Lipinski definition) is 0. The van der Waals surface area contributed by atoms with Gasteiger partial charge in [0.1, 0.15) is 5.52 Å². The standard InChI is InChI=1S/C19H17N3/c1-11-9-13-6-7-15-18(17(13)12(11)2)22-16(20-15)10-14-5-4-8-21(3)19(14)22/h4-7H,9-10H2,1-3H3. The molecule has 108 valence electrons. The summed E-state index contributed by atoms with van der Waals surface area (Å²) in [6.45, 7) is 4.48. The van der Waals surface area contributed by atoms with E-state index in [4.69, 9.17) is 4.98 Å². The first kappa shape index (κ1) is 12.2. The first-order valence-electron chi connectivity index (χ1n) is 7.75. The van der Waals surface area contributed by atoms with Gasteiger partial charge in [-0.25, -0.2) is 9.55 Å². The first-order valence-corrected chi connectivity index (χ1v) is 7.75. The number of allylic oxidation sites excluding steroid dienone is 2. The molecule has 0 N–H and O–H groups in total. The quantitative estimate of drug-likeness (QED) is 0.360. The third-order valence-corrected chi connectivity index (χ3v) is 5.16. The van der Waals surface area contributed by atoms with Crippen LogP contribution in [0.5, 0.6) is 0 Å². The van der Waals surface area contributed by atoms with E-state index in [1.165, 1.54) is 39.2 Å². The van der Waals surface area contributed by atoms with Crippen LogP contribution in [0.3, 0.4) is 0 Å². The molecule has 0 fully saturated rings. The van der Waals surface area contributed by atoms with Crippen molar-refractivity contribution in [2.75, 3.05) is 0 Å². The number of nitrogens with zero attached hydrogens (tertiary/aromatic N) is 3. The summed E-state index contributed by atoms with van der Waals surface area (Å²) < 4.78 is 4.44. The average molecular weight is 287 g/mol. The summed E-state index contributed by atoms with van der Waals surface area (Å²) in [5.41, 5.74) is 9.43. The van der Waals surface area contributed by atoms with Crippen LogP contribution in [0.4, 0.5) is 0 Å². The lowest BCUT2D eigenvalue weighted by molar-refractivity contribution is -0.669. The van der Waals surface area contributed by atoms with Gasteiger partial charge in [-0.15, -0.1) is 6.07 Å². The van der Waals surface area contributed by atoms with Gasteiger partial charge in [0.05, 0.1) is 7.05 Å². The molecular weight excluding hydrogens is 270 g/mol. The van der Waals surface area contributed by atoms with Gasteiger partial charge in [0.25, 0.3) is 0 Å². The van der Waals surface area contributed by atoms with Crippen molar-refractivity contribution >= 4 is 16.6 Å². The predicted molar refractivity (Wildman–Crippen MR) is 85.9 cm³/mol. The van der Waals surface area contributed by atoms with E-state index in [2.05, 4.69) is 54.4 Å². The van der Waals surface area contributed by atoms with E-state index in [0.717, 1.165) is 24.2 Å². The van der Waals surface area contributed by atoms with Gasteiger partial charge in [-0.3, -0.25) is 0 Å². The van der Waals surface area contributed by atoms with Gasteiger partial charge in [-0.1, -0.05) is 17.2 Å². The second-order valence-corrected chi connectivity index (χ2v) is 6.46. The van der Waals surface area contributed by atoms with Crippen molar-refractivity contribution in [1.29, 1.82) is 0 Å². The fraction of sp³-hybridized carbons (Fsp3) is 0.263. The lowest BCUT2D eigenvalue weighted by atomic mass is 10.0. The summed E-state index contributed by atoms with van der Waals surface area (Å²) in [5.74, 6) is 2.36. The van der Waals surface area contributed by atoms with E-state index in [9.17, 15) is 0 Å². The first-order chi connectivity index (χ1) is 10.6. The minimum atomic E-state index is 0.906. The molecule has 0 bridgehead atoms. The Kier molecular flexibility index (Phi) is 2.13. The third-order valence-electron chi connectivity index (χ3n) is 5.16. The Hall–Kier alpha value is -2.42. The van der Waals surface area contributed by atoms with Crippen LogP contribution in [-0.4, -0.2) is 9.55 Å². The average Bonchev–Trinajstić information content (AvgIpc) is 3.10. The summed E-state index contributed by atoms with van der Waals surface area (Å²) in [4.78, 5) is 4.90. The molecule has 0 saturated carbocycles. The summed E-state index contributed by atoms with van der Waals surface area (Å²) in [6.07, 6.45) is 5.24. The van der Waals surface area contributed by atoms with E-state index >= 15 is 0 Å². The minimum Gasteiger partial charge on any atom is -0.343 e. The monoisotopic (exact) mass is 287 g/mol. The van der Waals surface area contributed by atoms with Crippen LogP contribution in [-0.2, 0) is 19.9 Å². The van der Waals surface area contributed by atoms with Crippen molar-refractivity contribution in [3.8, 4) is 5.82 Å². The van der Waals surface area contributed by atoms with Crippen LogP contribution in [0.2, 0.25) is 0 Å². The summed E-state index contributed by atoms with van der Waals surface area (Å²) in [5, 5.41) is 0. The molecule has 1 aliphatic carbocycles. The van der Waals surface area contributed by atoms with E-state index in [1.54, 1.807) is 0 Å². The minimum absolute atomic E-state index is 0.906. The molecule has 3 heterocycles. The zero-order chi connectivity index (χ0) is 15.0. The van der Waals surface area contributed by atoms with Gasteiger partial charge < -0.3 is 4.57 Å². The van der Waals surface area contributed by atoms with Crippen LogP contribution in [0.1, 0.15) is 36.4 Å². The van der Waals surface area contributed by atoms with Crippen LogP contribution in [0.25, 0.3) is 22.4 Å². The fourth-order valence-corrected chi connectivity index (χ4v) is 4.00. The van der Waals surface area contributed by atoms with Crippen molar-refractivity contribution in [2.24, 2.45) is 7.05 Å². The largest absolute Gasteiger partial charge is 0.343 e. The van der Waals surface area contributed by atoms with Crippen LogP contribution in [0, 0.1) is 6.20 Å². The molecule has 3 aromatic rings. The van der Waals surface area contributed by atoms with Gasteiger partial charge in [-0.2, -0.15) is 6.07 Å². The molecule has 3 nitrogen and oxygen atoms in total. The van der Waals surface area contributed by atoms with Gasteiger partial charge in [0.2, 0.25) is 0 Å². The number of benzene rings is 1. The maximum absolute atomic E-state index is 4.90. The van der Waals surface area contributed by atoms with Crippen LogP contribution in [0.15, 0.2) is 29.8 Å². The highest BCUT2D eigenvalue weighted by atomic mass is 15.2. The fourth-order valence-electron chi connectivity index (χ4n) is 4.00. The number of fused-ring (bicyclic) bond motifs is 7. The highest BCUT2D eigenvalue weighted by molar-refractivity contribution is 5.95. The van der Waals surface area contributed by atoms with Crippen LogP contribution < -0.4 is 4.57 Å². The van der Waals surface area contributed by atoms with Gasteiger partial charge in [0, 0.05) is 18.2 Å². The number of rotatable bonds is 0. The molecule has 0 saturated heterocycles. The van der Waals surface area contributed by atoms with E-state index in [1.807, 2.05) is 6.07 Å². The molecule has 0 unspecified atom stereocenters. The molecule has 0 spiro atoms. The second kappa shape index (κ2) is 3.86. The Morgan fingerprint density at radius 1 is 1.14 bits per heavy atom. The van der Waals surface area contributed by atoms with E-state index in [-0.39, 0.29) is 0 Å². The molecule has 3 heteroatoms. The highest BCUT2D eigenvalue weighted by Gasteiger charge is 2.31. The SMILES string of the molecule is CC1=C(C)c2c(ccc3nc4n(c23)-c2c(cc[c-][n+]2C)C4)C1. The predicted octanol–water partition coefficient (Wildman–Crippen LogP) is 2.90. The maximum Gasteiger partial charge on any atom is 0.193 e. The van der Waals surface area contributed by atoms with Crippen LogP contribution >= 0.6 is 0 Å². The van der Waals surface area contributed by atoms with E-state index in [0.29, 0.717) is 0 Å². The van der Waals surface area contributed by atoms with Crippen molar-refractivity contribution in [2.45, 2.75) is 26.7 Å². The number of aryl methyl sites for hydroxylation is 1. The molecule has 22 heavy (non-hydrogen) atoms. The normalized spacial score (nSPS) is 15.4. The Balaban J connectivity index is 1.96. The topological polar surface area (TPSA) is 21.7 Å². The molecule has 0 radical (unpaired) electrons. The van der Waals surface area contributed by atoms with Gasteiger partial charge >= 0.3 is 0 Å². The second-order valence-electron chi connectivity index (χ2n) is 6.46. The van der Waals surface area contributed by atoms with Crippen molar-refractivity contribution < 1.29 is 4.57 Å². The zero-order valence-electron chi connectivity index (χ0n) is 13.1.